The molecular weight excluding hydrogens is 307 g/mol. The van der Waals surface area contributed by atoms with E-state index in [-0.39, 0.29) is 11.8 Å². The minimum atomic E-state index is -0.414. The van der Waals surface area contributed by atoms with Crippen LogP contribution in [0.25, 0.3) is 0 Å². The summed E-state index contributed by atoms with van der Waals surface area (Å²) in [5.74, 6) is 1.85. The summed E-state index contributed by atoms with van der Waals surface area (Å²) >= 11 is 0.510. The molecule has 0 spiro atoms. The van der Waals surface area contributed by atoms with E-state index in [1.54, 1.807) is 0 Å². The number of benzene rings is 1. The molecule has 0 saturated heterocycles. The van der Waals surface area contributed by atoms with Crippen LogP contribution in [-0.4, -0.2) is 32.8 Å². The summed E-state index contributed by atoms with van der Waals surface area (Å²) in [6, 6.07) is 9.32. The molecule has 0 radical (unpaired) electrons. The number of carbonyl (C=O) groups is 2. The van der Waals surface area contributed by atoms with Crippen molar-refractivity contribution in [3.8, 4) is 0 Å². The van der Waals surface area contributed by atoms with Crippen molar-refractivity contribution >= 4 is 26.8 Å². The van der Waals surface area contributed by atoms with Gasteiger partial charge < -0.3 is 0 Å². The summed E-state index contributed by atoms with van der Waals surface area (Å²) in [6.45, 7) is 1.93. The first-order chi connectivity index (χ1) is 9.13. The van der Waals surface area contributed by atoms with Crippen molar-refractivity contribution in [3.63, 3.8) is 0 Å². The van der Waals surface area contributed by atoms with Gasteiger partial charge in [0.15, 0.2) is 0 Å². The SMILES string of the molecule is C[Se]CC[C@H](NC(C)=O)C(=O)NCc1ccccc1. The molecule has 1 rings (SSSR count). The van der Waals surface area contributed by atoms with Crippen LogP contribution in [-0.2, 0) is 16.1 Å². The van der Waals surface area contributed by atoms with E-state index in [2.05, 4.69) is 16.5 Å². The van der Waals surface area contributed by atoms with Crippen LogP contribution < -0.4 is 10.6 Å². The Labute approximate surface area is 120 Å². The van der Waals surface area contributed by atoms with E-state index in [0.717, 1.165) is 10.9 Å². The maximum absolute atomic E-state index is 12.0. The summed E-state index contributed by atoms with van der Waals surface area (Å²) in [5, 5.41) is 6.56. The second-order valence-corrected chi connectivity index (χ2v) is 6.31. The molecule has 0 fully saturated rings. The zero-order valence-corrected chi connectivity index (χ0v) is 13.0. The fourth-order valence-electron chi connectivity index (χ4n) is 1.66. The molecule has 4 nitrogen and oxygen atoms in total. The molecule has 19 heavy (non-hydrogen) atoms. The van der Waals surface area contributed by atoms with E-state index in [1.165, 1.54) is 6.92 Å². The van der Waals surface area contributed by atoms with E-state index in [0.29, 0.717) is 27.9 Å². The average Bonchev–Trinajstić information content (AvgIpc) is 2.41. The summed E-state index contributed by atoms with van der Waals surface area (Å²) in [6.07, 6.45) is 0.705. The van der Waals surface area contributed by atoms with E-state index in [9.17, 15) is 9.59 Å². The van der Waals surface area contributed by atoms with Crippen LogP contribution in [0.2, 0.25) is 11.1 Å². The molecular formula is C14H20N2O2Se. The van der Waals surface area contributed by atoms with Gasteiger partial charge in [-0.2, -0.15) is 0 Å². The monoisotopic (exact) mass is 328 g/mol. The summed E-state index contributed by atoms with van der Waals surface area (Å²) in [4.78, 5) is 23.1. The molecule has 5 heteroatoms. The fourth-order valence-corrected chi connectivity index (χ4v) is 2.65. The van der Waals surface area contributed by atoms with Gasteiger partial charge in [-0.05, 0) is 0 Å². The Hall–Kier alpha value is -1.32. The van der Waals surface area contributed by atoms with Gasteiger partial charge in [-0.15, -0.1) is 0 Å². The zero-order chi connectivity index (χ0) is 14.1. The third kappa shape index (κ3) is 6.41. The Morgan fingerprint density at radius 2 is 1.95 bits per heavy atom. The van der Waals surface area contributed by atoms with Crippen LogP contribution in [0, 0.1) is 0 Å². The van der Waals surface area contributed by atoms with Gasteiger partial charge in [0.05, 0.1) is 0 Å². The van der Waals surface area contributed by atoms with Gasteiger partial charge in [0.25, 0.3) is 0 Å². The van der Waals surface area contributed by atoms with Crippen molar-refractivity contribution in [3.05, 3.63) is 35.9 Å². The molecule has 0 aliphatic carbocycles. The molecule has 1 atom stereocenters. The molecule has 0 aliphatic rings. The van der Waals surface area contributed by atoms with Crippen LogP contribution in [0.3, 0.4) is 0 Å². The van der Waals surface area contributed by atoms with Gasteiger partial charge in [0.2, 0.25) is 0 Å². The minimum absolute atomic E-state index is 0.108. The predicted molar refractivity (Wildman–Crippen MR) is 76.9 cm³/mol. The third-order valence-corrected chi connectivity index (χ3v) is 3.97. The van der Waals surface area contributed by atoms with Crippen molar-refractivity contribution in [2.75, 3.05) is 0 Å². The first-order valence-corrected chi connectivity index (χ1v) is 9.13. The topological polar surface area (TPSA) is 58.2 Å². The molecule has 0 heterocycles. The molecule has 1 aromatic rings. The number of amides is 2. The number of rotatable bonds is 7. The summed E-state index contributed by atoms with van der Waals surface area (Å²) < 4.78 is 0. The van der Waals surface area contributed by atoms with Crippen molar-refractivity contribution in [2.45, 2.75) is 37.1 Å². The average molecular weight is 327 g/mol. The van der Waals surface area contributed by atoms with E-state index >= 15 is 0 Å². The van der Waals surface area contributed by atoms with Gasteiger partial charge in [-0.3, -0.25) is 0 Å². The van der Waals surface area contributed by atoms with Crippen LogP contribution in [0.15, 0.2) is 30.3 Å². The van der Waals surface area contributed by atoms with Gasteiger partial charge >= 0.3 is 120 Å². The van der Waals surface area contributed by atoms with Gasteiger partial charge in [-0.1, -0.05) is 0 Å². The van der Waals surface area contributed by atoms with Crippen molar-refractivity contribution in [1.29, 1.82) is 0 Å². The van der Waals surface area contributed by atoms with Gasteiger partial charge in [-0.25, -0.2) is 0 Å². The van der Waals surface area contributed by atoms with Crippen molar-refractivity contribution < 1.29 is 9.59 Å². The second-order valence-electron chi connectivity index (χ2n) is 4.24. The second kappa shape index (κ2) is 8.72. The number of nitrogens with one attached hydrogen (secondary N) is 2. The molecule has 104 valence electrons. The van der Waals surface area contributed by atoms with E-state index < -0.39 is 6.04 Å². The Kier molecular flexibility index (Phi) is 7.23. The van der Waals surface area contributed by atoms with E-state index in [4.69, 9.17) is 0 Å². The fraction of sp³-hybridized carbons (Fsp3) is 0.429. The Balaban J connectivity index is 2.48. The molecule has 0 aliphatic heterocycles. The molecule has 2 N–H and O–H groups in total. The molecule has 0 bridgehead atoms. The van der Waals surface area contributed by atoms with Crippen molar-refractivity contribution in [2.24, 2.45) is 0 Å². The predicted octanol–water partition coefficient (Wildman–Crippen LogP) is 1.37. The molecule has 1 aromatic carbocycles. The Bertz CT molecular complexity index is 409. The van der Waals surface area contributed by atoms with E-state index in [1.807, 2.05) is 30.3 Å². The number of hydrogen-bond donors (Lipinski definition) is 2. The van der Waals surface area contributed by atoms with Crippen LogP contribution in [0.1, 0.15) is 18.9 Å². The molecule has 0 saturated carbocycles. The maximum atomic E-state index is 12.0. The quantitative estimate of drug-likeness (QED) is 0.743. The van der Waals surface area contributed by atoms with Crippen LogP contribution in [0.5, 0.6) is 0 Å². The summed E-state index contributed by atoms with van der Waals surface area (Å²) in [7, 11) is 0. The third-order valence-electron chi connectivity index (χ3n) is 2.61. The number of hydrogen-bond acceptors (Lipinski definition) is 2. The summed E-state index contributed by atoms with van der Waals surface area (Å²) in [5.41, 5.74) is 1.05. The Morgan fingerprint density at radius 3 is 2.53 bits per heavy atom. The molecule has 0 aromatic heterocycles. The molecule has 2 amide bonds. The van der Waals surface area contributed by atoms with Gasteiger partial charge in [0.1, 0.15) is 0 Å². The number of carbonyl (C=O) groups excluding carboxylic acids is 2. The normalized spacial score (nSPS) is 11.7. The zero-order valence-electron chi connectivity index (χ0n) is 11.3. The van der Waals surface area contributed by atoms with Gasteiger partial charge in [0, 0.05) is 0 Å². The first kappa shape index (κ1) is 15.7. The van der Waals surface area contributed by atoms with Crippen LogP contribution >= 0.6 is 0 Å². The Morgan fingerprint density at radius 1 is 1.26 bits per heavy atom. The molecule has 0 unspecified atom stereocenters. The van der Waals surface area contributed by atoms with Crippen LogP contribution in [0.4, 0.5) is 0 Å². The standard InChI is InChI=1S/C14H20N2O2Se/c1-11(17)16-13(8-9-19-2)14(18)15-10-12-6-4-3-5-7-12/h3-7,13H,8-10H2,1-2H3,(H,15,18)(H,16,17)/t13-/m0/s1. The first-order valence-electron chi connectivity index (χ1n) is 6.21. The van der Waals surface area contributed by atoms with Crippen molar-refractivity contribution in [1.82, 2.24) is 10.6 Å².